The Balaban J connectivity index is 1.65. The predicted octanol–water partition coefficient (Wildman–Crippen LogP) is 2.80. The summed E-state index contributed by atoms with van der Waals surface area (Å²) in [6.45, 7) is 5.10. The van der Waals surface area contributed by atoms with Crippen LogP contribution in [0.15, 0.2) is 30.3 Å². The van der Waals surface area contributed by atoms with E-state index < -0.39 is 11.4 Å². The Hall–Kier alpha value is -2.67. The van der Waals surface area contributed by atoms with Crippen LogP contribution in [0.3, 0.4) is 0 Å². The summed E-state index contributed by atoms with van der Waals surface area (Å²) in [5.41, 5.74) is 2.02. The first-order chi connectivity index (χ1) is 13.3. The lowest BCUT2D eigenvalue weighted by Crippen LogP contribution is -2.45. The maximum Gasteiger partial charge on any atom is 0.311 e. The van der Waals surface area contributed by atoms with E-state index in [9.17, 15) is 19.1 Å². The van der Waals surface area contributed by atoms with E-state index in [0.717, 1.165) is 17.1 Å². The third-order valence-corrected chi connectivity index (χ3v) is 6.17. The number of carboxylic acids is 1. The first kappa shape index (κ1) is 18.7. The standard InChI is InChI=1S/C21H23FN2O4/c1-13-9-18(14(2)24(13)17-5-3-16(22)4-6-17)19(25)23-10-15-11-28-8-7-21(15,12-23)20(26)27/h3-6,9,15H,7-8,10-12H2,1-2H3,(H,26,27)/t15-,21+/m0/s1. The summed E-state index contributed by atoms with van der Waals surface area (Å²) in [5, 5.41) is 9.81. The maximum absolute atomic E-state index is 13.3. The summed E-state index contributed by atoms with van der Waals surface area (Å²) in [6.07, 6.45) is 0.422. The predicted molar refractivity (Wildman–Crippen MR) is 100 cm³/mol. The quantitative estimate of drug-likeness (QED) is 0.881. The van der Waals surface area contributed by atoms with Crippen LogP contribution in [0.25, 0.3) is 5.69 Å². The number of carboxylic acid groups (broad SMARTS) is 1. The van der Waals surface area contributed by atoms with Crippen LogP contribution in [-0.2, 0) is 9.53 Å². The van der Waals surface area contributed by atoms with Crippen LogP contribution in [0, 0.1) is 31.0 Å². The SMILES string of the molecule is Cc1cc(C(=O)N2C[C@H]3COCC[C@@]3(C(=O)O)C2)c(C)n1-c1ccc(F)cc1. The Bertz CT molecular complexity index is 937. The van der Waals surface area contributed by atoms with Gasteiger partial charge >= 0.3 is 5.97 Å². The summed E-state index contributed by atoms with van der Waals surface area (Å²) in [4.78, 5) is 26.9. The number of fused-ring (bicyclic) bond motifs is 1. The molecule has 2 atom stereocenters. The molecule has 1 aromatic carbocycles. The highest BCUT2D eigenvalue weighted by Gasteiger charge is 2.55. The zero-order chi connectivity index (χ0) is 20.1. The highest BCUT2D eigenvalue weighted by atomic mass is 19.1. The van der Waals surface area contributed by atoms with Crippen LogP contribution in [0.1, 0.15) is 28.2 Å². The number of aryl methyl sites for hydroxylation is 1. The molecule has 6 nitrogen and oxygen atoms in total. The Morgan fingerprint density at radius 3 is 2.61 bits per heavy atom. The normalized spacial score (nSPS) is 24.2. The van der Waals surface area contributed by atoms with Gasteiger partial charge in [-0.2, -0.15) is 0 Å². The first-order valence-corrected chi connectivity index (χ1v) is 9.39. The van der Waals surface area contributed by atoms with Gasteiger partial charge in [-0.05, 0) is 50.6 Å². The van der Waals surface area contributed by atoms with E-state index in [1.807, 2.05) is 24.5 Å². The van der Waals surface area contributed by atoms with E-state index in [1.165, 1.54) is 12.1 Å². The molecular weight excluding hydrogens is 363 g/mol. The van der Waals surface area contributed by atoms with Crippen molar-refractivity contribution in [3.05, 3.63) is 53.1 Å². The van der Waals surface area contributed by atoms with Gasteiger partial charge in [-0.15, -0.1) is 0 Å². The number of aliphatic carboxylic acids is 1. The number of likely N-dealkylation sites (tertiary alicyclic amines) is 1. The van der Waals surface area contributed by atoms with E-state index in [4.69, 9.17) is 4.74 Å². The molecule has 7 heteroatoms. The molecular formula is C21H23FN2O4. The first-order valence-electron chi connectivity index (χ1n) is 9.39. The molecule has 4 rings (SSSR count). The second kappa shape index (κ2) is 6.74. The smallest absolute Gasteiger partial charge is 0.311 e. The zero-order valence-electron chi connectivity index (χ0n) is 15.9. The van der Waals surface area contributed by atoms with Gasteiger partial charge in [-0.1, -0.05) is 0 Å². The lowest BCUT2D eigenvalue weighted by Gasteiger charge is -2.33. The number of carbonyl (C=O) groups is 2. The van der Waals surface area contributed by atoms with Crippen molar-refractivity contribution >= 4 is 11.9 Å². The Labute approximate surface area is 162 Å². The minimum absolute atomic E-state index is 0.170. The van der Waals surface area contributed by atoms with Crippen LogP contribution in [0.2, 0.25) is 0 Å². The van der Waals surface area contributed by atoms with Gasteiger partial charge in [0.15, 0.2) is 0 Å². The number of halogens is 1. The number of hydrogen-bond acceptors (Lipinski definition) is 3. The van der Waals surface area contributed by atoms with Crippen molar-refractivity contribution in [2.45, 2.75) is 20.3 Å². The van der Waals surface area contributed by atoms with Crippen molar-refractivity contribution in [2.75, 3.05) is 26.3 Å². The van der Waals surface area contributed by atoms with Gasteiger partial charge in [0, 0.05) is 42.7 Å². The second-order valence-electron chi connectivity index (χ2n) is 7.77. The fourth-order valence-electron chi connectivity index (χ4n) is 4.59. The number of hydrogen-bond donors (Lipinski definition) is 1. The van der Waals surface area contributed by atoms with Crippen molar-refractivity contribution < 1.29 is 23.8 Å². The molecule has 148 valence electrons. The topological polar surface area (TPSA) is 71.8 Å². The number of rotatable bonds is 3. The highest BCUT2D eigenvalue weighted by Crippen LogP contribution is 2.43. The number of carbonyl (C=O) groups excluding carboxylic acids is 1. The Morgan fingerprint density at radius 1 is 1.25 bits per heavy atom. The van der Waals surface area contributed by atoms with Crippen molar-refractivity contribution in [3.8, 4) is 5.69 Å². The van der Waals surface area contributed by atoms with Gasteiger partial charge in [0.1, 0.15) is 5.82 Å². The van der Waals surface area contributed by atoms with Crippen LogP contribution in [0.5, 0.6) is 0 Å². The van der Waals surface area contributed by atoms with Gasteiger partial charge in [0.05, 0.1) is 17.6 Å². The fraction of sp³-hybridized carbons (Fsp3) is 0.429. The summed E-state index contributed by atoms with van der Waals surface area (Å²) in [5.74, 6) is -1.53. The molecule has 0 saturated carbocycles. The molecule has 0 aliphatic carbocycles. The molecule has 0 spiro atoms. The summed E-state index contributed by atoms with van der Waals surface area (Å²) in [6, 6.07) is 7.93. The van der Waals surface area contributed by atoms with Gasteiger partial charge in [-0.3, -0.25) is 9.59 Å². The summed E-state index contributed by atoms with van der Waals surface area (Å²) < 4.78 is 20.6. The average molecular weight is 386 g/mol. The maximum atomic E-state index is 13.3. The third kappa shape index (κ3) is 2.81. The average Bonchev–Trinajstić information content (AvgIpc) is 3.21. The molecule has 1 amide bonds. The van der Waals surface area contributed by atoms with Gasteiger partial charge in [0.2, 0.25) is 0 Å². The van der Waals surface area contributed by atoms with Crippen molar-refractivity contribution in [1.29, 1.82) is 0 Å². The molecule has 28 heavy (non-hydrogen) atoms. The third-order valence-electron chi connectivity index (χ3n) is 6.17. The Kier molecular flexibility index (Phi) is 4.50. The second-order valence-corrected chi connectivity index (χ2v) is 7.77. The van der Waals surface area contributed by atoms with Crippen LogP contribution >= 0.6 is 0 Å². The number of aromatic nitrogens is 1. The largest absolute Gasteiger partial charge is 0.481 e. The molecule has 0 unspecified atom stereocenters. The van der Waals surface area contributed by atoms with Crippen molar-refractivity contribution in [3.63, 3.8) is 0 Å². The van der Waals surface area contributed by atoms with E-state index in [-0.39, 0.29) is 24.2 Å². The van der Waals surface area contributed by atoms with Crippen molar-refractivity contribution in [1.82, 2.24) is 9.47 Å². The molecule has 1 aromatic heterocycles. The van der Waals surface area contributed by atoms with Gasteiger partial charge in [-0.25, -0.2) is 4.39 Å². The minimum Gasteiger partial charge on any atom is -0.481 e. The Morgan fingerprint density at radius 2 is 1.96 bits per heavy atom. The number of ether oxygens (including phenoxy) is 1. The fourth-order valence-corrected chi connectivity index (χ4v) is 4.59. The molecule has 0 bridgehead atoms. The zero-order valence-corrected chi connectivity index (χ0v) is 15.9. The van der Waals surface area contributed by atoms with E-state index in [0.29, 0.717) is 31.7 Å². The molecule has 2 fully saturated rings. The number of amides is 1. The molecule has 3 heterocycles. The van der Waals surface area contributed by atoms with Crippen molar-refractivity contribution in [2.24, 2.45) is 11.3 Å². The lowest BCUT2D eigenvalue weighted by molar-refractivity contribution is -0.157. The highest BCUT2D eigenvalue weighted by molar-refractivity contribution is 5.96. The lowest BCUT2D eigenvalue weighted by atomic mass is 9.74. The van der Waals surface area contributed by atoms with E-state index in [1.54, 1.807) is 17.0 Å². The van der Waals surface area contributed by atoms with Crippen LogP contribution in [0.4, 0.5) is 4.39 Å². The number of benzene rings is 1. The monoisotopic (exact) mass is 386 g/mol. The molecule has 1 N–H and O–H groups in total. The molecule has 2 saturated heterocycles. The van der Waals surface area contributed by atoms with Gasteiger partial charge < -0.3 is 19.3 Å². The van der Waals surface area contributed by atoms with E-state index >= 15 is 0 Å². The van der Waals surface area contributed by atoms with Crippen LogP contribution in [-0.4, -0.2) is 52.8 Å². The summed E-state index contributed by atoms with van der Waals surface area (Å²) >= 11 is 0. The van der Waals surface area contributed by atoms with Gasteiger partial charge in [0.25, 0.3) is 5.91 Å². The summed E-state index contributed by atoms with van der Waals surface area (Å²) in [7, 11) is 0. The molecule has 2 aliphatic heterocycles. The minimum atomic E-state index is -0.920. The van der Waals surface area contributed by atoms with Crippen LogP contribution < -0.4 is 0 Å². The molecule has 2 aliphatic rings. The van der Waals surface area contributed by atoms with E-state index in [2.05, 4.69) is 0 Å². The number of nitrogens with zero attached hydrogens (tertiary/aromatic N) is 2. The molecule has 0 radical (unpaired) electrons. The molecule has 2 aromatic rings.